The van der Waals surface area contributed by atoms with Gasteiger partial charge in [-0.3, -0.25) is 4.98 Å². The van der Waals surface area contributed by atoms with Crippen molar-refractivity contribution < 1.29 is 4.74 Å². The van der Waals surface area contributed by atoms with Crippen molar-refractivity contribution >= 4 is 17.3 Å². The van der Waals surface area contributed by atoms with Gasteiger partial charge in [0.15, 0.2) is 5.11 Å². The number of rotatable bonds is 8. The van der Waals surface area contributed by atoms with Crippen molar-refractivity contribution in [3.05, 3.63) is 77.4 Å². The highest BCUT2D eigenvalue weighted by Gasteiger charge is 2.41. The number of nitrogens with zero attached hydrogens (tertiary/aromatic N) is 4. The third kappa shape index (κ3) is 4.75. The summed E-state index contributed by atoms with van der Waals surface area (Å²) < 4.78 is 7.77. The van der Waals surface area contributed by atoms with Crippen molar-refractivity contribution in [2.24, 2.45) is 0 Å². The van der Waals surface area contributed by atoms with Gasteiger partial charge in [-0.25, -0.2) is 0 Å². The van der Waals surface area contributed by atoms with Gasteiger partial charge in [0.2, 0.25) is 0 Å². The molecule has 1 aromatic carbocycles. The molecule has 1 saturated heterocycles. The highest BCUT2D eigenvalue weighted by atomic mass is 32.1. The highest BCUT2D eigenvalue weighted by Crippen LogP contribution is 2.41. The quantitative estimate of drug-likeness (QED) is 0.499. The van der Waals surface area contributed by atoms with Crippen LogP contribution in [0.25, 0.3) is 5.69 Å². The molecule has 1 aliphatic rings. The Balaban J connectivity index is 1.77. The van der Waals surface area contributed by atoms with Gasteiger partial charge in [-0.05, 0) is 89.0 Å². The summed E-state index contributed by atoms with van der Waals surface area (Å²) in [6.07, 6.45) is 2.89. The zero-order valence-corrected chi connectivity index (χ0v) is 20.9. The molecular formula is C26H33N5OS. The monoisotopic (exact) mass is 463 g/mol. The Morgan fingerprint density at radius 3 is 2.64 bits per heavy atom. The van der Waals surface area contributed by atoms with E-state index < -0.39 is 0 Å². The summed E-state index contributed by atoms with van der Waals surface area (Å²) >= 11 is 5.83. The molecule has 1 aliphatic heterocycles. The number of thiocarbonyl (C=S) groups is 1. The van der Waals surface area contributed by atoms with E-state index in [1.165, 1.54) is 17.0 Å². The molecule has 1 fully saturated rings. The van der Waals surface area contributed by atoms with E-state index in [9.17, 15) is 0 Å². The van der Waals surface area contributed by atoms with Crippen LogP contribution in [0.5, 0.6) is 5.75 Å². The second kappa shape index (κ2) is 9.93. The fourth-order valence-electron chi connectivity index (χ4n) is 4.78. The van der Waals surface area contributed by atoms with Crippen LogP contribution in [-0.2, 0) is 0 Å². The van der Waals surface area contributed by atoms with Gasteiger partial charge in [-0.1, -0.05) is 12.1 Å². The Bertz CT molecular complexity index is 1110. The van der Waals surface area contributed by atoms with Crippen LogP contribution < -0.4 is 10.1 Å². The van der Waals surface area contributed by atoms with Gasteiger partial charge in [0, 0.05) is 35.9 Å². The molecule has 0 radical (unpaired) electrons. The smallest absolute Gasteiger partial charge is 0.170 e. The van der Waals surface area contributed by atoms with E-state index in [0.29, 0.717) is 0 Å². The van der Waals surface area contributed by atoms with Crippen LogP contribution >= 0.6 is 12.2 Å². The number of nitrogens with one attached hydrogen (secondary N) is 1. The summed E-state index contributed by atoms with van der Waals surface area (Å²) in [5, 5.41) is 4.37. The predicted octanol–water partition coefficient (Wildman–Crippen LogP) is 4.42. The standard InChI is InChI=1S/C26H33N5OS/c1-18-16-22(19(2)31(18)20-10-8-11-21(17-20)32-5)25-24(23-12-6-7-13-27-23)28-26(33)30(25)15-9-14-29(3)4/h6-8,10-13,16-17,24-25H,9,14-15H2,1-5H3,(H,28,33)/t24-,25-/m1/s1. The first-order valence-corrected chi connectivity index (χ1v) is 11.8. The van der Waals surface area contributed by atoms with Gasteiger partial charge in [0.1, 0.15) is 5.75 Å². The average molecular weight is 464 g/mol. The Kier molecular flexibility index (Phi) is 7.00. The molecule has 7 heteroatoms. The van der Waals surface area contributed by atoms with Gasteiger partial charge < -0.3 is 24.4 Å². The zero-order chi connectivity index (χ0) is 23.5. The first-order valence-electron chi connectivity index (χ1n) is 11.4. The van der Waals surface area contributed by atoms with Crippen LogP contribution in [0.3, 0.4) is 0 Å². The third-order valence-corrected chi connectivity index (χ3v) is 6.65. The second-order valence-corrected chi connectivity index (χ2v) is 9.23. The maximum atomic E-state index is 5.83. The second-order valence-electron chi connectivity index (χ2n) is 8.84. The van der Waals surface area contributed by atoms with Crippen molar-refractivity contribution in [3.8, 4) is 11.4 Å². The number of hydrogen-bond acceptors (Lipinski definition) is 4. The molecule has 0 amide bonds. The maximum Gasteiger partial charge on any atom is 0.170 e. The summed E-state index contributed by atoms with van der Waals surface area (Å²) in [7, 11) is 5.92. The SMILES string of the molecule is COc1cccc(-n2c(C)cc([C@@H]3[C@@H](c4ccccn4)NC(=S)N3CCCN(C)C)c2C)c1. The minimum atomic E-state index is -0.00249. The minimum Gasteiger partial charge on any atom is -0.497 e. The molecule has 4 rings (SSSR count). The topological polar surface area (TPSA) is 45.6 Å². The Hall–Kier alpha value is -2.90. The summed E-state index contributed by atoms with van der Waals surface area (Å²) in [4.78, 5) is 9.23. The van der Waals surface area contributed by atoms with E-state index in [0.717, 1.165) is 41.8 Å². The van der Waals surface area contributed by atoms with E-state index in [-0.39, 0.29) is 12.1 Å². The molecule has 0 saturated carbocycles. The number of aryl methyl sites for hydroxylation is 1. The number of pyridine rings is 1. The third-order valence-electron chi connectivity index (χ3n) is 6.30. The lowest BCUT2D eigenvalue weighted by Crippen LogP contribution is -2.32. The fourth-order valence-corrected chi connectivity index (χ4v) is 5.11. The lowest BCUT2D eigenvalue weighted by atomic mass is 9.96. The molecule has 0 spiro atoms. The number of ether oxygens (including phenoxy) is 1. The molecule has 0 bridgehead atoms. The molecule has 0 aliphatic carbocycles. The van der Waals surface area contributed by atoms with Crippen LogP contribution in [0.2, 0.25) is 0 Å². The van der Waals surface area contributed by atoms with Gasteiger partial charge in [-0.15, -0.1) is 0 Å². The number of methoxy groups -OCH3 is 1. The molecule has 2 atom stereocenters. The highest BCUT2D eigenvalue weighted by molar-refractivity contribution is 7.80. The Morgan fingerprint density at radius 1 is 1.12 bits per heavy atom. The van der Waals surface area contributed by atoms with Gasteiger partial charge >= 0.3 is 0 Å². The van der Waals surface area contributed by atoms with Crippen molar-refractivity contribution in [3.63, 3.8) is 0 Å². The molecule has 6 nitrogen and oxygen atoms in total. The van der Waals surface area contributed by atoms with Crippen LogP contribution in [0.4, 0.5) is 0 Å². The summed E-state index contributed by atoms with van der Waals surface area (Å²) in [6.45, 7) is 6.25. The summed E-state index contributed by atoms with van der Waals surface area (Å²) in [5.74, 6) is 0.849. The number of benzene rings is 1. The van der Waals surface area contributed by atoms with Crippen molar-refractivity contribution in [2.45, 2.75) is 32.4 Å². The van der Waals surface area contributed by atoms with Crippen LogP contribution in [0, 0.1) is 13.8 Å². The molecule has 0 unspecified atom stereocenters. The fraction of sp³-hybridized carbons (Fsp3) is 0.385. The maximum absolute atomic E-state index is 5.83. The van der Waals surface area contributed by atoms with Gasteiger partial charge in [-0.2, -0.15) is 0 Å². The van der Waals surface area contributed by atoms with Crippen molar-refractivity contribution in [1.29, 1.82) is 0 Å². The summed E-state index contributed by atoms with van der Waals surface area (Å²) in [6, 6.07) is 16.6. The van der Waals surface area contributed by atoms with E-state index >= 15 is 0 Å². The summed E-state index contributed by atoms with van der Waals surface area (Å²) in [5.41, 5.74) is 5.75. The van der Waals surface area contributed by atoms with E-state index in [4.69, 9.17) is 17.0 Å². The molecule has 3 aromatic rings. The number of hydrogen-bond donors (Lipinski definition) is 1. The lowest BCUT2D eigenvalue weighted by Gasteiger charge is -2.28. The van der Waals surface area contributed by atoms with E-state index in [1.54, 1.807) is 7.11 Å². The first-order chi connectivity index (χ1) is 15.9. The first kappa shape index (κ1) is 23.3. The molecule has 1 N–H and O–H groups in total. The van der Waals surface area contributed by atoms with Gasteiger partial charge in [0.25, 0.3) is 0 Å². The molecular weight excluding hydrogens is 430 g/mol. The van der Waals surface area contributed by atoms with Crippen LogP contribution in [-0.4, -0.2) is 58.8 Å². The molecule has 2 aromatic heterocycles. The van der Waals surface area contributed by atoms with Crippen molar-refractivity contribution in [1.82, 2.24) is 24.7 Å². The van der Waals surface area contributed by atoms with E-state index in [1.807, 2.05) is 30.5 Å². The van der Waals surface area contributed by atoms with Crippen LogP contribution in [0.15, 0.2) is 54.7 Å². The van der Waals surface area contributed by atoms with Gasteiger partial charge in [0.05, 0.1) is 24.9 Å². The zero-order valence-electron chi connectivity index (χ0n) is 20.1. The molecule has 33 heavy (non-hydrogen) atoms. The largest absolute Gasteiger partial charge is 0.497 e. The minimum absolute atomic E-state index is 0.00249. The van der Waals surface area contributed by atoms with Crippen molar-refractivity contribution in [2.75, 3.05) is 34.3 Å². The normalized spacial score (nSPS) is 18.1. The Morgan fingerprint density at radius 2 is 1.94 bits per heavy atom. The Labute approximate surface area is 202 Å². The predicted molar refractivity (Wildman–Crippen MR) is 137 cm³/mol. The average Bonchev–Trinajstić information content (AvgIpc) is 3.29. The van der Waals surface area contributed by atoms with Crippen LogP contribution in [0.1, 0.15) is 41.1 Å². The lowest BCUT2D eigenvalue weighted by molar-refractivity contribution is 0.292. The van der Waals surface area contributed by atoms with E-state index in [2.05, 4.69) is 76.9 Å². The molecule has 174 valence electrons. The number of aromatic nitrogens is 2. The molecule has 3 heterocycles.